The van der Waals surface area contributed by atoms with Crippen LogP contribution in [0.2, 0.25) is 0 Å². The quantitative estimate of drug-likeness (QED) is 0.576. The maximum absolute atomic E-state index is 8.06. The van der Waals surface area contributed by atoms with E-state index in [0.717, 1.165) is 0 Å². The summed E-state index contributed by atoms with van der Waals surface area (Å²) in [6.07, 6.45) is -0.167. The molecule has 0 bridgehead atoms. The highest BCUT2D eigenvalue weighted by molar-refractivity contribution is 5.98. The highest BCUT2D eigenvalue weighted by Gasteiger charge is 1.95. The fourth-order valence-electron chi connectivity index (χ4n) is 1.88. The van der Waals surface area contributed by atoms with Crippen LogP contribution in [0.5, 0.6) is 0 Å². The average molecular weight is 238 g/mol. The van der Waals surface area contributed by atoms with Crippen molar-refractivity contribution in [2.24, 2.45) is 0 Å². The van der Waals surface area contributed by atoms with Gasteiger partial charge in [0.25, 0.3) is 0 Å². The average Bonchev–Trinajstić information content (AvgIpc) is 2.35. The van der Waals surface area contributed by atoms with E-state index >= 15 is 0 Å². The molecular formula is C17H18O. The normalized spacial score (nSPS) is 10.4. The van der Waals surface area contributed by atoms with Gasteiger partial charge in [-0.15, -0.1) is 0 Å². The molecule has 18 heavy (non-hydrogen) atoms. The summed E-state index contributed by atoms with van der Waals surface area (Å²) in [4.78, 5) is 0. The molecule has 1 N–H and O–H groups in total. The first kappa shape index (κ1) is 12.6. The van der Waals surface area contributed by atoms with Crippen molar-refractivity contribution in [3.05, 3.63) is 60.7 Å². The Kier molecular flexibility index (Phi) is 3.96. The minimum atomic E-state index is -0.167. The molecule has 0 aliphatic carbocycles. The Morgan fingerprint density at radius 1 is 0.667 bits per heavy atom. The van der Waals surface area contributed by atoms with E-state index in [-0.39, 0.29) is 6.10 Å². The zero-order valence-electron chi connectivity index (χ0n) is 10.8. The minimum Gasteiger partial charge on any atom is -0.394 e. The third-order valence-electron chi connectivity index (χ3n) is 2.61. The molecule has 0 fully saturated rings. The molecule has 3 aromatic carbocycles. The van der Waals surface area contributed by atoms with Crippen molar-refractivity contribution in [1.29, 1.82) is 0 Å². The third kappa shape index (κ3) is 3.08. The lowest BCUT2D eigenvalue weighted by atomic mass is 10.0. The number of fused-ring (bicyclic) bond motifs is 2. The number of aliphatic hydroxyl groups excluding tert-OH is 1. The van der Waals surface area contributed by atoms with Crippen LogP contribution in [0.1, 0.15) is 13.8 Å². The Bertz CT molecular complexity index is 533. The van der Waals surface area contributed by atoms with Crippen LogP contribution in [0.3, 0.4) is 0 Å². The molecule has 1 heteroatoms. The highest BCUT2D eigenvalue weighted by Crippen LogP contribution is 2.21. The monoisotopic (exact) mass is 238 g/mol. The predicted octanol–water partition coefficient (Wildman–Crippen LogP) is 4.38. The van der Waals surface area contributed by atoms with Crippen molar-refractivity contribution in [2.75, 3.05) is 0 Å². The van der Waals surface area contributed by atoms with E-state index in [0.29, 0.717) is 0 Å². The van der Waals surface area contributed by atoms with Crippen LogP contribution < -0.4 is 0 Å². The van der Waals surface area contributed by atoms with Crippen molar-refractivity contribution >= 4 is 21.5 Å². The number of hydrogen-bond donors (Lipinski definition) is 1. The lowest BCUT2D eigenvalue weighted by molar-refractivity contribution is 0.216. The van der Waals surface area contributed by atoms with Crippen LogP contribution in [0.25, 0.3) is 21.5 Å². The first-order chi connectivity index (χ1) is 8.66. The Morgan fingerprint density at radius 2 is 0.889 bits per heavy atom. The maximum atomic E-state index is 8.06. The standard InChI is InChI=1S/C14H10.C3H8O/c1-2-6-12-10-14-8-4-3-7-13(14)9-11(12)5-1;1-3(2)4/h1-10H;3-4H,1-2H3. The van der Waals surface area contributed by atoms with Crippen molar-refractivity contribution < 1.29 is 5.11 Å². The molecule has 3 rings (SSSR count). The van der Waals surface area contributed by atoms with Gasteiger partial charge < -0.3 is 5.11 Å². The van der Waals surface area contributed by atoms with Crippen molar-refractivity contribution in [3.8, 4) is 0 Å². The van der Waals surface area contributed by atoms with Gasteiger partial charge in [0.15, 0.2) is 0 Å². The predicted molar refractivity (Wildman–Crippen MR) is 78.8 cm³/mol. The van der Waals surface area contributed by atoms with E-state index < -0.39 is 0 Å². The van der Waals surface area contributed by atoms with Crippen molar-refractivity contribution in [2.45, 2.75) is 20.0 Å². The zero-order chi connectivity index (χ0) is 13.0. The van der Waals surface area contributed by atoms with Gasteiger partial charge in [-0.3, -0.25) is 0 Å². The Balaban J connectivity index is 0.000000267. The fraction of sp³-hybridized carbons (Fsp3) is 0.176. The Hall–Kier alpha value is -1.86. The lowest BCUT2D eigenvalue weighted by Gasteiger charge is -2.00. The summed E-state index contributed by atoms with van der Waals surface area (Å²) in [6.45, 7) is 3.44. The molecule has 0 aliphatic rings. The topological polar surface area (TPSA) is 20.2 Å². The number of rotatable bonds is 0. The van der Waals surface area contributed by atoms with E-state index in [1.54, 1.807) is 13.8 Å². The van der Waals surface area contributed by atoms with Gasteiger partial charge in [-0.2, -0.15) is 0 Å². The minimum absolute atomic E-state index is 0.167. The summed E-state index contributed by atoms with van der Waals surface area (Å²) in [7, 11) is 0. The second kappa shape index (κ2) is 5.65. The zero-order valence-corrected chi connectivity index (χ0v) is 10.8. The number of hydrogen-bond acceptors (Lipinski definition) is 1. The molecule has 0 saturated heterocycles. The molecule has 92 valence electrons. The van der Waals surface area contributed by atoms with E-state index in [2.05, 4.69) is 60.7 Å². The van der Waals surface area contributed by atoms with Gasteiger partial charge in [-0.1, -0.05) is 48.5 Å². The van der Waals surface area contributed by atoms with Crippen LogP contribution in [0, 0.1) is 0 Å². The first-order valence-corrected chi connectivity index (χ1v) is 6.22. The second-order valence-electron chi connectivity index (χ2n) is 4.64. The van der Waals surface area contributed by atoms with Gasteiger partial charge in [0, 0.05) is 6.10 Å². The van der Waals surface area contributed by atoms with E-state index in [1.165, 1.54) is 21.5 Å². The van der Waals surface area contributed by atoms with E-state index in [9.17, 15) is 0 Å². The first-order valence-electron chi connectivity index (χ1n) is 6.22. The van der Waals surface area contributed by atoms with Gasteiger partial charge in [0.2, 0.25) is 0 Å². The highest BCUT2D eigenvalue weighted by atomic mass is 16.3. The summed E-state index contributed by atoms with van der Waals surface area (Å²) < 4.78 is 0. The summed E-state index contributed by atoms with van der Waals surface area (Å²) in [5, 5.41) is 13.3. The molecule has 0 heterocycles. The number of benzene rings is 3. The largest absolute Gasteiger partial charge is 0.394 e. The Morgan fingerprint density at radius 3 is 1.11 bits per heavy atom. The molecule has 0 saturated carbocycles. The summed E-state index contributed by atoms with van der Waals surface area (Å²) in [5.74, 6) is 0. The summed E-state index contributed by atoms with van der Waals surface area (Å²) in [6, 6.07) is 21.4. The van der Waals surface area contributed by atoms with Gasteiger partial charge in [-0.05, 0) is 47.5 Å². The molecule has 3 aromatic rings. The van der Waals surface area contributed by atoms with Gasteiger partial charge >= 0.3 is 0 Å². The van der Waals surface area contributed by atoms with E-state index in [4.69, 9.17) is 5.11 Å². The second-order valence-corrected chi connectivity index (χ2v) is 4.64. The van der Waals surface area contributed by atoms with Crippen molar-refractivity contribution in [1.82, 2.24) is 0 Å². The van der Waals surface area contributed by atoms with Gasteiger partial charge in [0.05, 0.1) is 0 Å². The summed E-state index contributed by atoms with van der Waals surface area (Å²) in [5.41, 5.74) is 0. The molecule has 0 atom stereocenters. The van der Waals surface area contributed by atoms with Crippen molar-refractivity contribution in [3.63, 3.8) is 0 Å². The molecule has 0 aliphatic heterocycles. The van der Waals surface area contributed by atoms with Crippen LogP contribution in [0.15, 0.2) is 60.7 Å². The molecule has 1 nitrogen and oxygen atoms in total. The fourth-order valence-corrected chi connectivity index (χ4v) is 1.88. The Labute approximate surface area is 108 Å². The van der Waals surface area contributed by atoms with Crippen LogP contribution in [-0.4, -0.2) is 11.2 Å². The lowest BCUT2D eigenvalue weighted by Crippen LogP contribution is -1.85. The SMILES string of the molecule is CC(C)O.c1ccc2cc3ccccc3cc2c1. The van der Waals surface area contributed by atoms with E-state index in [1.807, 2.05) is 0 Å². The molecule has 0 amide bonds. The number of aliphatic hydroxyl groups is 1. The van der Waals surface area contributed by atoms with Crippen LogP contribution in [-0.2, 0) is 0 Å². The molecule has 0 unspecified atom stereocenters. The molecule has 0 radical (unpaired) electrons. The molecule has 0 aromatic heterocycles. The van der Waals surface area contributed by atoms with Gasteiger partial charge in [0.1, 0.15) is 0 Å². The smallest absolute Gasteiger partial charge is 0.0483 e. The van der Waals surface area contributed by atoms with Gasteiger partial charge in [-0.25, -0.2) is 0 Å². The van der Waals surface area contributed by atoms with Crippen LogP contribution in [0.4, 0.5) is 0 Å². The summed E-state index contributed by atoms with van der Waals surface area (Å²) >= 11 is 0. The molecule has 0 spiro atoms. The maximum Gasteiger partial charge on any atom is 0.0483 e. The van der Waals surface area contributed by atoms with Crippen LogP contribution >= 0.6 is 0 Å². The third-order valence-corrected chi connectivity index (χ3v) is 2.61. The molecular weight excluding hydrogens is 220 g/mol.